The standard InChI is InChI=1S/C18H15OPS/c19-21-18-14-8-7-13-17(18)20(15-9-3-1-4-10-15)16-11-5-2-6-12-16/h1-14,19H. The summed E-state index contributed by atoms with van der Waals surface area (Å²) < 4.78 is 9.59. The Morgan fingerprint density at radius 1 is 0.619 bits per heavy atom. The number of rotatable bonds is 4. The maximum atomic E-state index is 9.59. The normalized spacial score (nSPS) is 10.8. The van der Waals surface area contributed by atoms with E-state index in [4.69, 9.17) is 0 Å². The van der Waals surface area contributed by atoms with E-state index in [1.54, 1.807) is 0 Å². The minimum absolute atomic E-state index is 0.653. The Bertz CT molecular complexity index is 661. The molecule has 1 N–H and O–H groups in total. The Morgan fingerprint density at radius 3 is 1.62 bits per heavy atom. The monoisotopic (exact) mass is 310 g/mol. The summed E-state index contributed by atoms with van der Waals surface area (Å²) >= 11 is 0.829. The molecule has 3 aromatic rings. The van der Waals surface area contributed by atoms with Crippen molar-refractivity contribution in [3.05, 3.63) is 84.9 Å². The molecule has 3 aromatic carbocycles. The van der Waals surface area contributed by atoms with Crippen LogP contribution >= 0.6 is 20.0 Å². The summed E-state index contributed by atoms with van der Waals surface area (Å²) in [6.07, 6.45) is 0. The van der Waals surface area contributed by atoms with Gasteiger partial charge < -0.3 is 4.55 Å². The van der Waals surface area contributed by atoms with E-state index in [0.29, 0.717) is 0 Å². The number of benzene rings is 3. The molecule has 0 atom stereocenters. The van der Waals surface area contributed by atoms with Crippen LogP contribution in [-0.2, 0) is 0 Å². The van der Waals surface area contributed by atoms with E-state index in [2.05, 4.69) is 54.6 Å². The lowest BCUT2D eigenvalue weighted by Crippen LogP contribution is -2.21. The first-order valence-corrected chi connectivity index (χ1v) is 8.82. The van der Waals surface area contributed by atoms with Crippen LogP contribution in [0.5, 0.6) is 0 Å². The van der Waals surface area contributed by atoms with Gasteiger partial charge in [-0.3, -0.25) is 0 Å². The zero-order chi connectivity index (χ0) is 14.5. The van der Waals surface area contributed by atoms with Crippen molar-refractivity contribution in [1.82, 2.24) is 0 Å². The quantitative estimate of drug-likeness (QED) is 0.580. The molecule has 0 heterocycles. The lowest BCUT2D eigenvalue weighted by Gasteiger charge is -2.21. The molecule has 21 heavy (non-hydrogen) atoms. The van der Waals surface area contributed by atoms with Crippen LogP contribution < -0.4 is 15.9 Å². The van der Waals surface area contributed by atoms with Crippen molar-refractivity contribution < 1.29 is 4.55 Å². The smallest absolute Gasteiger partial charge is 0.0434 e. The largest absolute Gasteiger partial charge is 0.325 e. The molecular formula is C18H15OPS. The fourth-order valence-corrected chi connectivity index (χ4v) is 5.32. The van der Waals surface area contributed by atoms with Crippen molar-refractivity contribution in [2.45, 2.75) is 4.90 Å². The van der Waals surface area contributed by atoms with Crippen molar-refractivity contribution in [3.63, 3.8) is 0 Å². The van der Waals surface area contributed by atoms with E-state index in [-0.39, 0.29) is 0 Å². The molecule has 0 aliphatic heterocycles. The fraction of sp³-hybridized carbons (Fsp3) is 0. The van der Waals surface area contributed by atoms with Gasteiger partial charge >= 0.3 is 0 Å². The third kappa shape index (κ3) is 3.19. The lowest BCUT2D eigenvalue weighted by molar-refractivity contribution is 0.664. The number of hydrogen-bond acceptors (Lipinski definition) is 2. The molecule has 0 saturated carbocycles. The highest BCUT2D eigenvalue weighted by Gasteiger charge is 2.18. The Balaban J connectivity index is 2.17. The average molecular weight is 310 g/mol. The van der Waals surface area contributed by atoms with E-state index in [0.717, 1.165) is 16.9 Å². The molecule has 0 aliphatic carbocycles. The molecule has 3 heteroatoms. The third-order valence-electron chi connectivity index (χ3n) is 3.23. The molecule has 0 amide bonds. The molecule has 0 unspecified atom stereocenters. The minimum Gasteiger partial charge on any atom is -0.325 e. The fourth-order valence-electron chi connectivity index (χ4n) is 2.30. The van der Waals surface area contributed by atoms with Crippen molar-refractivity contribution in [2.24, 2.45) is 0 Å². The van der Waals surface area contributed by atoms with Gasteiger partial charge in [0.15, 0.2) is 0 Å². The first-order chi connectivity index (χ1) is 10.4. The highest BCUT2D eigenvalue weighted by molar-refractivity contribution is 7.95. The highest BCUT2D eigenvalue weighted by atomic mass is 32.2. The second-order valence-electron chi connectivity index (χ2n) is 4.57. The molecule has 104 valence electrons. The topological polar surface area (TPSA) is 20.2 Å². The van der Waals surface area contributed by atoms with Crippen molar-refractivity contribution in [3.8, 4) is 0 Å². The summed E-state index contributed by atoms with van der Waals surface area (Å²) in [5.41, 5.74) is 0. The zero-order valence-electron chi connectivity index (χ0n) is 11.4. The van der Waals surface area contributed by atoms with Crippen LogP contribution in [0.2, 0.25) is 0 Å². The highest BCUT2D eigenvalue weighted by Crippen LogP contribution is 2.35. The van der Waals surface area contributed by atoms with Gasteiger partial charge in [-0.15, -0.1) is 0 Å². The molecule has 1 nitrogen and oxygen atoms in total. The summed E-state index contributed by atoms with van der Waals surface area (Å²) in [6, 6.07) is 29.1. The molecular weight excluding hydrogens is 295 g/mol. The molecule has 0 aromatic heterocycles. The van der Waals surface area contributed by atoms with Crippen LogP contribution in [0, 0.1) is 0 Å². The Hall–Kier alpha value is -1.60. The zero-order valence-corrected chi connectivity index (χ0v) is 13.1. The van der Waals surface area contributed by atoms with Gasteiger partial charge in [-0.05, 0) is 24.6 Å². The predicted molar refractivity (Wildman–Crippen MR) is 93.6 cm³/mol. The molecule has 3 rings (SSSR count). The van der Waals surface area contributed by atoms with Crippen LogP contribution in [0.1, 0.15) is 0 Å². The van der Waals surface area contributed by atoms with E-state index < -0.39 is 7.92 Å². The molecule has 0 bridgehead atoms. The van der Waals surface area contributed by atoms with Crippen LogP contribution in [0.25, 0.3) is 0 Å². The molecule has 0 fully saturated rings. The van der Waals surface area contributed by atoms with Gasteiger partial charge in [0.1, 0.15) is 0 Å². The minimum atomic E-state index is -0.653. The van der Waals surface area contributed by atoms with E-state index in [1.165, 1.54) is 15.9 Å². The second-order valence-corrected chi connectivity index (χ2v) is 7.37. The van der Waals surface area contributed by atoms with Crippen molar-refractivity contribution in [2.75, 3.05) is 0 Å². The van der Waals surface area contributed by atoms with Crippen LogP contribution in [-0.4, -0.2) is 4.55 Å². The summed E-state index contributed by atoms with van der Waals surface area (Å²) in [7, 11) is -0.653. The summed E-state index contributed by atoms with van der Waals surface area (Å²) in [6.45, 7) is 0. The van der Waals surface area contributed by atoms with Gasteiger partial charge in [0, 0.05) is 22.2 Å². The van der Waals surface area contributed by atoms with Crippen molar-refractivity contribution in [1.29, 1.82) is 0 Å². The average Bonchev–Trinajstić information content (AvgIpc) is 2.58. The van der Waals surface area contributed by atoms with Crippen LogP contribution in [0.15, 0.2) is 89.8 Å². The second kappa shape index (κ2) is 6.91. The Labute approximate surface area is 130 Å². The summed E-state index contributed by atoms with van der Waals surface area (Å²) in [4.78, 5) is 0.927. The molecule has 0 aliphatic rings. The summed E-state index contributed by atoms with van der Waals surface area (Å²) in [5.74, 6) is 0. The van der Waals surface area contributed by atoms with Gasteiger partial charge in [-0.1, -0.05) is 78.9 Å². The van der Waals surface area contributed by atoms with E-state index in [1.807, 2.05) is 30.3 Å². The van der Waals surface area contributed by atoms with E-state index in [9.17, 15) is 4.55 Å². The SMILES string of the molecule is OSc1ccccc1P(c1ccccc1)c1ccccc1. The molecule has 0 saturated heterocycles. The van der Waals surface area contributed by atoms with Crippen LogP contribution in [0.4, 0.5) is 0 Å². The van der Waals surface area contributed by atoms with Gasteiger partial charge in [0.05, 0.1) is 0 Å². The molecule has 0 spiro atoms. The predicted octanol–water partition coefficient (Wildman–Crippen LogP) is 4.01. The van der Waals surface area contributed by atoms with Crippen molar-refractivity contribution >= 4 is 35.9 Å². The van der Waals surface area contributed by atoms with Gasteiger partial charge in [-0.25, -0.2) is 0 Å². The number of hydrogen-bond donors (Lipinski definition) is 1. The van der Waals surface area contributed by atoms with E-state index >= 15 is 0 Å². The van der Waals surface area contributed by atoms with Crippen LogP contribution in [0.3, 0.4) is 0 Å². The summed E-state index contributed by atoms with van der Waals surface area (Å²) in [5, 5.41) is 3.78. The third-order valence-corrected chi connectivity index (χ3v) is 6.44. The van der Waals surface area contributed by atoms with Gasteiger partial charge in [-0.2, -0.15) is 0 Å². The maximum Gasteiger partial charge on any atom is 0.0434 e. The Kier molecular flexibility index (Phi) is 4.72. The first-order valence-electron chi connectivity index (χ1n) is 6.71. The first kappa shape index (κ1) is 14.3. The lowest BCUT2D eigenvalue weighted by atomic mass is 10.3. The van der Waals surface area contributed by atoms with Gasteiger partial charge in [0.2, 0.25) is 0 Å². The Morgan fingerprint density at radius 2 is 1.10 bits per heavy atom. The molecule has 0 radical (unpaired) electrons. The van der Waals surface area contributed by atoms with Gasteiger partial charge in [0.25, 0.3) is 0 Å². The maximum absolute atomic E-state index is 9.59.